The Morgan fingerprint density at radius 2 is 1.03 bits per heavy atom. The van der Waals surface area contributed by atoms with Crippen LogP contribution in [0.3, 0.4) is 0 Å². The summed E-state index contributed by atoms with van der Waals surface area (Å²) in [5.41, 5.74) is 0. The van der Waals surface area contributed by atoms with Crippen LogP contribution in [0.4, 0.5) is 0 Å². The van der Waals surface area contributed by atoms with E-state index >= 15 is 0 Å². The minimum Gasteiger partial charge on any atom is -0.481 e. The van der Waals surface area contributed by atoms with Crippen LogP contribution in [0.1, 0.15) is 85.5 Å². The van der Waals surface area contributed by atoms with Crippen molar-refractivity contribution >= 4 is 17.9 Å². The fraction of sp³-hybridized carbons (Fsp3) is 0.800. The minimum atomic E-state index is -0.941. The van der Waals surface area contributed by atoms with Gasteiger partial charge in [-0.05, 0) is 59.3 Å². The zero-order valence-corrected chi connectivity index (χ0v) is 20.6. The summed E-state index contributed by atoms with van der Waals surface area (Å²) < 4.78 is 0.214. The van der Waals surface area contributed by atoms with Crippen LogP contribution < -0.4 is 0 Å². The quantitative estimate of drug-likeness (QED) is 0.134. The monoisotopic (exact) mass is 456 g/mol. The lowest BCUT2D eigenvalue weighted by Gasteiger charge is -2.42. The molecule has 0 bridgehead atoms. The molecule has 0 aromatic carbocycles. The average molecular weight is 457 g/mol. The SMILES string of the molecule is CCCCC/C=C/CCCCCC[N+](CC(C)C(=O)O)(CC(C)C(=O)O)CC(C)C(=O)O. The highest BCUT2D eigenvalue weighted by Crippen LogP contribution is 2.22. The lowest BCUT2D eigenvalue weighted by Crippen LogP contribution is -2.57. The zero-order valence-electron chi connectivity index (χ0n) is 20.6. The second-order valence-corrected chi connectivity index (χ2v) is 9.50. The molecule has 0 amide bonds. The molecule has 0 rings (SSSR count). The third-order valence-corrected chi connectivity index (χ3v) is 6.14. The van der Waals surface area contributed by atoms with Crippen molar-refractivity contribution in [1.29, 1.82) is 0 Å². The fourth-order valence-corrected chi connectivity index (χ4v) is 4.29. The predicted molar refractivity (Wildman–Crippen MR) is 126 cm³/mol. The Hall–Kier alpha value is -1.89. The zero-order chi connectivity index (χ0) is 24.6. The first kappa shape index (κ1) is 30.1. The van der Waals surface area contributed by atoms with Gasteiger partial charge in [-0.1, -0.05) is 38.3 Å². The van der Waals surface area contributed by atoms with Crippen LogP contribution >= 0.6 is 0 Å². The van der Waals surface area contributed by atoms with Gasteiger partial charge >= 0.3 is 17.9 Å². The molecule has 3 unspecified atom stereocenters. The summed E-state index contributed by atoms with van der Waals surface area (Å²) >= 11 is 0. The molecule has 0 heterocycles. The summed E-state index contributed by atoms with van der Waals surface area (Å²) in [4.78, 5) is 34.6. The van der Waals surface area contributed by atoms with E-state index in [0.717, 1.165) is 38.5 Å². The summed E-state index contributed by atoms with van der Waals surface area (Å²) in [6, 6.07) is 0. The van der Waals surface area contributed by atoms with Gasteiger partial charge in [-0.3, -0.25) is 14.4 Å². The number of carboxylic acid groups (broad SMARTS) is 3. The van der Waals surface area contributed by atoms with Crippen molar-refractivity contribution in [3.05, 3.63) is 12.2 Å². The van der Waals surface area contributed by atoms with Gasteiger partial charge in [0.25, 0.3) is 0 Å². The van der Waals surface area contributed by atoms with Gasteiger partial charge in [0.05, 0.1) is 26.2 Å². The van der Waals surface area contributed by atoms with E-state index in [2.05, 4.69) is 19.1 Å². The molecule has 0 radical (unpaired) electrons. The lowest BCUT2D eigenvalue weighted by atomic mass is 10.0. The van der Waals surface area contributed by atoms with Crippen molar-refractivity contribution in [2.75, 3.05) is 26.2 Å². The molecule has 3 N–H and O–H groups in total. The Balaban J connectivity index is 4.98. The van der Waals surface area contributed by atoms with E-state index in [1.807, 2.05) is 0 Å². The van der Waals surface area contributed by atoms with E-state index in [1.54, 1.807) is 20.8 Å². The van der Waals surface area contributed by atoms with E-state index in [0.29, 0.717) is 6.54 Å². The molecule has 0 aliphatic rings. The van der Waals surface area contributed by atoms with Crippen molar-refractivity contribution in [2.45, 2.75) is 85.5 Å². The number of allylic oxidation sites excluding steroid dienone is 2. The predicted octanol–water partition coefficient (Wildman–Crippen LogP) is 5.05. The molecule has 0 spiro atoms. The van der Waals surface area contributed by atoms with Crippen LogP contribution in [0.25, 0.3) is 0 Å². The molecule has 0 aromatic rings. The van der Waals surface area contributed by atoms with Crippen LogP contribution in [0.5, 0.6) is 0 Å². The van der Waals surface area contributed by atoms with Crippen LogP contribution in [-0.4, -0.2) is 63.9 Å². The first-order valence-corrected chi connectivity index (χ1v) is 12.2. The Bertz CT molecular complexity index is 534. The summed E-state index contributed by atoms with van der Waals surface area (Å²) in [6.45, 7) is 8.35. The normalized spacial score (nSPS) is 16.4. The van der Waals surface area contributed by atoms with Crippen molar-refractivity contribution < 1.29 is 34.2 Å². The smallest absolute Gasteiger partial charge is 0.311 e. The highest BCUT2D eigenvalue weighted by Gasteiger charge is 2.38. The van der Waals surface area contributed by atoms with Crippen LogP contribution in [0, 0.1) is 17.8 Å². The van der Waals surface area contributed by atoms with E-state index in [4.69, 9.17) is 0 Å². The maximum atomic E-state index is 11.5. The van der Waals surface area contributed by atoms with Gasteiger partial charge in [0.2, 0.25) is 0 Å². The summed E-state index contributed by atoms with van der Waals surface area (Å²) in [6.07, 6.45) is 14.4. The molecule has 0 fully saturated rings. The molecule has 3 atom stereocenters. The fourth-order valence-electron chi connectivity index (χ4n) is 4.29. The maximum absolute atomic E-state index is 11.5. The summed E-state index contributed by atoms with van der Waals surface area (Å²) in [5.74, 6) is -4.84. The largest absolute Gasteiger partial charge is 0.481 e. The number of aliphatic carboxylic acids is 3. The number of quaternary nitrogens is 1. The second kappa shape index (κ2) is 16.7. The Morgan fingerprint density at radius 3 is 1.41 bits per heavy atom. The Morgan fingerprint density at radius 1 is 0.656 bits per heavy atom. The van der Waals surface area contributed by atoms with Crippen molar-refractivity contribution in [1.82, 2.24) is 0 Å². The third kappa shape index (κ3) is 13.5. The van der Waals surface area contributed by atoms with Gasteiger partial charge in [0.15, 0.2) is 0 Å². The standard InChI is InChI=1S/C25H45NO6/c1-5-6-7-8-9-10-11-12-13-14-15-16-26(17-20(2)23(27)28,18-21(3)24(29)30)19-22(4)25(31)32/h9-10,20-22H,5-8,11-19H2,1-4H3,(H2-,27,28,29,30,31,32)/p+1/b10-9+. The van der Waals surface area contributed by atoms with Crippen molar-refractivity contribution in [3.63, 3.8) is 0 Å². The van der Waals surface area contributed by atoms with E-state index in [-0.39, 0.29) is 24.1 Å². The first-order chi connectivity index (χ1) is 15.0. The van der Waals surface area contributed by atoms with E-state index in [1.165, 1.54) is 19.3 Å². The average Bonchev–Trinajstić information content (AvgIpc) is 2.71. The highest BCUT2D eigenvalue weighted by molar-refractivity contribution is 5.70. The topological polar surface area (TPSA) is 112 Å². The molecule has 0 aromatic heterocycles. The highest BCUT2D eigenvalue weighted by atomic mass is 16.4. The number of unbranched alkanes of at least 4 members (excludes halogenated alkanes) is 7. The summed E-state index contributed by atoms with van der Waals surface area (Å²) in [5, 5.41) is 28.3. The van der Waals surface area contributed by atoms with Crippen LogP contribution in [0.2, 0.25) is 0 Å². The summed E-state index contributed by atoms with van der Waals surface area (Å²) in [7, 11) is 0. The molecule has 0 aliphatic heterocycles. The molecule has 0 saturated carbocycles. The molecule has 7 heteroatoms. The van der Waals surface area contributed by atoms with E-state index < -0.39 is 35.7 Å². The lowest BCUT2D eigenvalue weighted by molar-refractivity contribution is -0.934. The van der Waals surface area contributed by atoms with Crippen molar-refractivity contribution in [3.8, 4) is 0 Å². The number of hydrogen-bond donors (Lipinski definition) is 3. The van der Waals surface area contributed by atoms with Gasteiger partial charge in [-0.2, -0.15) is 0 Å². The molecule has 7 nitrogen and oxygen atoms in total. The molecular formula is C25H46NO6+. The molecule has 0 saturated heterocycles. The Kier molecular flexibility index (Phi) is 15.7. The molecule has 32 heavy (non-hydrogen) atoms. The maximum Gasteiger partial charge on any atom is 0.311 e. The van der Waals surface area contributed by atoms with Gasteiger partial charge in [0, 0.05) is 0 Å². The first-order valence-electron chi connectivity index (χ1n) is 12.2. The van der Waals surface area contributed by atoms with Gasteiger partial charge in [-0.25, -0.2) is 0 Å². The third-order valence-electron chi connectivity index (χ3n) is 6.14. The van der Waals surface area contributed by atoms with Crippen molar-refractivity contribution in [2.24, 2.45) is 17.8 Å². The van der Waals surface area contributed by atoms with Crippen LogP contribution in [-0.2, 0) is 14.4 Å². The minimum absolute atomic E-state index is 0.214. The number of carbonyl (C=O) groups is 3. The number of hydrogen-bond acceptors (Lipinski definition) is 3. The van der Waals surface area contributed by atoms with Gasteiger partial charge < -0.3 is 19.8 Å². The van der Waals surface area contributed by atoms with Gasteiger partial charge in [0.1, 0.15) is 17.8 Å². The van der Waals surface area contributed by atoms with Gasteiger partial charge in [-0.15, -0.1) is 0 Å². The molecule has 0 aliphatic carbocycles. The number of rotatable bonds is 20. The number of nitrogens with zero attached hydrogens (tertiary/aromatic N) is 1. The molecular weight excluding hydrogens is 410 g/mol. The number of carboxylic acids is 3. The Labute approximate surface area is 194 Å². The van der Waals surface area contributed by atoms with E-state index in [9.17, 15) is 29.7 Å². The molecule has 186 valence electrons. The van der Waals surface area contributed by atoms with Crippen LogP contribution in [0.15, 0.2) is 12.2 Å². The second-order valence-electron chi connectivity index (χ2n) is 9.50.